The fraction of sp³-hybridized carbons (Fsp3) is 0.816. The fourth-order valence-corrected chi connectivity index (χ4v) is 6.47. The van der Waals surface area contributed by atoms with Crippen molar-refractivity contribution in [2.75, 3.05) is 13.2 Å². The van der Waals surface area contributed by atoms with Crippen molar-refractivity contribution in [2.45, 2.75) is 245 Å². The maximum Gasteiger partial charge on any atom is 0.306 e. The molecule has 0 aliphatic rings. The second kappa shape index (κ2) is 44.3. The Morgan fingerprint density at radius 1 is 0.345 bits per heavy atom. The molecule has 0 unspecified atom stereocenters. The second-order valence-corrected chi connectivity index (χ2v) is 15.7. The number of hydrogen-bond acceptors (Lipinski definition) is 6. The van der Waals surface area contributed by atoms with Crippen molar-refractivity contribution in [3.63, 3.8) is 0 Å². The van der Waals surface area contributed by atoms with Crippen LogP contribution in [-0.4, -0.2) is 37.2 Å². The van der Waals surface area contributed by atoms with Gasteiger partial charge in [-0.2, -0.15) is 0 Å². The van der Waals surface area contributed by atoms with Crippen LogP contribution in [0, 0.1) is 0 Å². The van der Waals surface area contributed by atoms with Gasteiger partial charge in [-0.05, 0) is 89.9 Å². The molecule has 0 N–H and O–H groups in total. The summed E-state index contributed by atoms with van der Waals surface area (Å²) in [6.45, 7) is 6.54. The SMILES string of the molecule is CCCC/C=C\CCCCCCCC(=O)OC[C@H](COC(=O)CCCCCCC/C=C\CCCCCCC)OC(=O)CCCCCCC/C=C\CCCCC. The predicted octanol–water partition coefficient (Wildman–Crippen LogP) is 15.0. The molecule has 0 spiro atoms. The van der Waals surface area contributed by atoms with E-state index in [1.807, 2.05) is 0 Å². The van der Waals surface area contributed by atoms with Gasteiger partial charge in [0, 0.05) is 19.3 Å². The number of ether oxygens (including phenoxy) is 3. The molecule has 0 aromatic rings. The van der Waals surface area contributed by atoms with Crippen molar-refractivity contribution >= 4 is 17.9 Å². The summed E-state index contributed by atoms with van der Waals surface area (Å²) in [6.07, 6.45) is 49.8. The summed E-state index contributed by atoms with van der Waals surface area (Å²) in [5.74, 6) is -0.907. The van der Waals surface area contributed by atoms with E-state index in [-0.39, 0.29) is 31.1 Å². The van der Waals surface area contributed by atoms with Gasteiger partial charge in [0.1, 0.15) is 13.2 Å². The van der Waals surface area contributed by atoms with Crippen molar-refractivity contribution in [1.29, 1.82) is 0 Å². The first-order chi connectivity index (χ1) is 27.0. The second-order valence-electron chi connectivity index (χ2n) is 15.7. The van der Waals surface area contributed by atoms with E-state index < -0.39 is 6.10 Å². The highest BCUT2D eigenvalue weighted by molar-refractivity contribution is 5.71. The molecular weight excluding hydrogens is 685 g/mol. The van der Waals surface area contributed by atoms with Gasteiger partial charge in [-0.3, -0.25) is 14.4 Å². The maximum atomic E-state index is 12.7. The third kappa shape index (κ3) is 42.6. The molecule has 0 radical (unpaired) electrons. The van der Waals surface area contributed by atoms with Crippen LogP contribution in [0.4, 0.5) is 0 Å². The van der Waals surface area contributed by atoms with Crippen molar-refractivity contribution in [3.8, 4) is 0 Å². The number of unbranched alkanes of at least 4 members (excludes halogenated alkanes) is 25. The van der Waals surface area contributed by atoms with Crippen LogP contribution in [0.1, 0.15) is 239 Å². The first-order valence-corrected chi connectivity index (χ1v) is 23.5. The van der Waals surface area contributed by atoms with E-state index in [2.05, 4.69) is 57.2 Å². The van der Waals surface area contributed by atoms with Gasteiger partial charge in [-0.15, -0.1) is 0 Å². The Hall–Kier alpha value is -2.37. The number of carbonyl (C=O) groups is 3. The van der Waals surface area contributed by atoms with Crippen molar-refractivity contribution in [1.82, 2.24) is 0 Å². The molecule has 0 bridgehead atoms. The zero-order chi connectivity index (χ0) is 40.1. The zero-order valence-corrected chi connectivity index (χ0v) is 36.4. The Morgan fingerprint density at radius 3 is 1.00 bits per heavy atom. The molecule has 1 atom stereocenters. The molecule has 0 heterocycles. The number of carbonyl (C=O) groups excluding carboxylic acids is 3. The quantitative estimate of drug-likeness (QED) is 0.0266. The minimum absolute atomic E-state index is 0.0817. The first kappa shape index (κ1) is 52.6. The largest absolute Gasteiger partial charge is 0.462 e. The predicted molar refractivity (Wildman–Crippen MR) is 233 cm³/mol. The smallest absolute Gasteiger partial charge is 0.306 e. The maximum absolute atomic E-state index is 12.7. The average Bonchev–Trinajstić information content (AvgIpc) is 3.18. The van der Waals surface area contributed by atoms with Crippen molar-refractivity contribution < 1.29 is 28.6 Å². The average molecular weight is 773 g/mol. The highest BCUT2D eigenvalue weighted by Gasteiger charge is 2.19. The van der Waals surface area contributed by atoms with Crippen LogP contribution in [0.25, 0.3) is 0 Å². The van der Waals surface area contributed by atoms with Gasteiger partial charge in [0.2, 0.25) is 0 Å². The Bertz CT molecular complexity index is 938. The van der Waals surface area contributed by atoms with Gasteiger partial charge in [0.05, 0.1) is 0 Å². The summed E-state index contributed by atoms with van der Waals surface area (Å²) in [5.41, 5.74) is 0. The van der Waals surface area contributed by atoms with Gasteiger partial charge in [0.15, 0.2) is 6.10 Å². The highest BCUT2D eigenvalue weighted by atomic mass is 16.6. The summed E-state index contributed by atoms with van der Waals surface area (Å²) in [4.78, 5) is 37.7. The molecule has 0 saturated carbocycles. The summed E-state index contributed by atoms with van der Waals surface area (Å²) < 4.78 is 16.7. The first-order valence-electron chi connectivity index (χ1n) is 23.5. The Labute approximate surface area is 340 Å². The van der Waals surface area contributed by atoms with Crippen LogP contribution in [0.2, 0.25) is 0 Å². The van der Waals surface area contributed by atoms with E-state index in [9.17, 15) is 14.4 Å². The molecule has 0 rings (SSSR count). The van der Waals surface area contributed by atoms with E-state index in [0.717, 1.165) is 83.5 Å². The van der Waals surface area contributed by atoms with Gasteiger partial charge in [-0.1, -0.05) is 166 Å². The third-order valence-corrected chi connectivity index (χ3v) is 10.1. The van der Waals surface area contributed by atoms with E-state index in [1.54, 1.807) is 0 Å². The molecule has 0 aromatic carbocycles. The lowest BCUT2D eigenvalue weighted by atomic mass is 10.1. The van der Waals surface area contributed by atoms with E-state index in [0.29, 0.717) is 19.3 Å². The molecular formula is C49H88O6. The molecule has 6 nitrogen and oxygen atoms in total. The molecule has 0 aliphatic heterocycles. The Kier molecular flexibility index (Phi) is 42.4. The van der Waals surface area contributed by atoms with Crippen LogP contribution in [0.5, 0.6) is 0 Å². The van der Waals surface area contributed by atoms with Gasteiger partial charge in [0.25, 0.3) is 0 Å². The van der Waals surface area contributed by atoms with Gasteiger partial charge in [-0.25, -0.2) is 0 Å². The molecule has 0 aromatic heterocycles. The van der Waals surface area contributed by atoms with Crippen LogP contribution in [0.3, 0.4) is 0 Å². The van der Waals surface area contributed by atoms with E-state index in [1.165, 1.54) is 116 Å². The lowest BCUT2D eigenvalue weighted by molar-refractivity contribution is -0.167. The number of allylic oxidation sites excluding steroid dienone is 6. The summed E-state index contributed by atoms with van der Waals surface area (Å²) in [7, 11) is 0. The van der Waals surface area contributed by atoms with Crippen LogP contribution >= 0.6 is 0 Å². The van der Waals surface area contributed by atoms with Crippen LogP contribution < -0.4 is 0 Å². The normalized spacial score (nSPS) is 12.3. The zero-order valence-electron chi connectivity index (χ0n) is 36.4. The molecule has 55 heavy (non-hydrogen) atoms. The fourth-order valence-electron chi connectivity index (χ4n) is 6.47. The third-order valence-electron chi connectivity index (χ3n) is 10.1. The number of esters is 3. The number of hydrogen-bond donors (Lipinski definition) is 0. The van der Waals surface area contributed by atoms with Crippen LogP contribution in [-0.2, 0) is 28.6 Å². The summed E-state index contributed by atoms with van der Waals surface area (Å²) in [5, 5.41) is 0. The molecule has 0 amide bonds. The van der Waals surface area contributed by atoms with Gasteiger partial charge < -0.3 is 14.2 Å². The monoisotopic (exact) mass is 773 g/mol. The summed E-state index contributed by atoms with van der Waals surface area (Å²) in [6, 6.07) is 0. The standard InChI is InChI=1S/C49H88O6/c1-4-7-10-13-16-19-22-24-25-28-30-33-36-39-42-48(51)54-45-46(44-53-47(50)41-38-35-32-29-26-21-18-15-12-9-6-3)55-49(52)43-40-37-34-31-27-23-20-17-14-11-8-5-2/h15,17-18,20,22,24,46H,4-14,16,19,21,23,25-45H2,1-3H3/b18-15-,20-17-,24-22-/t46-/m1/s1. The van der Waals surface area contributed by atoms with Crippen LogP contribution in [0.15, 0.2) is 36.5 Å². The lowest BCUT2D eigenvalue weighted by Crippen LogP contribution is -2.30. The minimum atomic E-state index is -0.778. The Balaban J connectivity index is 4.39. The Morgan fingerprint density at radius 2 is 0.618 bits per heavy atom. The number of rotatable bonds is 42. The van der Waals surface area contributed by atoms with E-state index in [4.69, 9.17) is 14.2 Å². The molecule has 320 valence electrons. The molecule has 0 fully saturated rings. The summed E-state index contributed by atoms with van der Waals surface area (Å²) >= 11 is 0. The van der Waals surface area contributed by atoms with Crippen molar-refractivity contribution in [3.05, 3.63) is 36.5 Å². The van der Waals surface area contributed by atoms with Gasteiger partial charge >= 0.3 is 17.9 Å². The molecule has 0 saturated heterocycles. The van der Waals surface area contributed by atoms with E-state index >= 15 is 0 Å². The molecule has 6 heteroatoms. The minimum Gasteiger partial charge on any atom is -0.462 e. The van der Waals surface area contributed by atoms with Crippen molar-refractivity contribution in [2.24, 2.45) is 0 Å². The molecule has 0 aliphatic carbocycles. The highest BCUT2D eigenvalue weighted by Crippen LogP contribution is 2.13. The lowest BCUT2D eigenvalue weighted by Gasteiger charge is -2.18. The topological polar surface area (TPSA) is 78.9 Å².